The Hall–Kier alpha value is -0.520. The van der Waals surface area contributed by atoms with Gasteiger partial charge in [0.2, 0.25) is 0 Å². The van der Waals surface area contributed by atoms with Gasteiger partial charge in [0.25, 0.3) is 0 Å². The number of allylic oxidation sites excluding steroid dienone is 2. The van der Waals surface area contributed by atoms with Crippen molar-refractivity contribution in [2.24, 2.45) is 0 Å². The first-order valence-corrected chi connectivity index (χ1v) is 5.02. The fourth-order valence-corrected chi connectivity index (χ4v) is 1.25. The Morgan fingerprint density at radius 1 is 1.08 bits per heavy atom. The van der Waals surface area contributed by atoms with Crippen LogP contribution in [0.4, 0.5) is 0 Å². The molecule has 0 aliphatic heterocycles. The Kier molecular flexibility index (Phi) is 8.20. The summed E-state index contributed by atoms with van der Waals surface area (Å²) in [6, 6.07) is 0. The first kappa shape index (κ1) is 11.5. The van der Waals surface area contributed by atoms with Crippen molar-refractivity contribution in [1.82, 2.24) is 0 Å². The summed E-state index contributed by atoms with van der Waals surface area (Å²) in [7, 11) is 0. The number of rotatable bonds is 8. The summed E-state index contributed by atoms with van der Waals surface area (Å²) in [5.74, 6) is 0. The summed E-state index contributed by atoms with van der Waals surface area (Å²) in [5, 5.41) is 0. The van der Waals surface area contributed by atoms with Gasteiger partial charge in [0.05, 0.1) is 0 Å². The summed E-state index contributed by atoms with van der Waals surface area (Å²) >= 11 is 0. The second-order valence-electron chi connectivity index (χ2n) is 3.55. The maximum Gasteiger partial charge on any atom is -0.0326 e. The maximum absolute atomic E-state index is 3.89. The molecule has 0 aliphatic rings. The van der Waals surface area contributed by atoms with E-state index in [-0.39, 0.29) is 0 Å². The van der Waals surface area contributed by atoms with Gasteiger partial charge in [-0.05, 0) is 32.6 Å². The first-order valence-electron chi connectivity index (χ1n) is 5.02. The van der Waals surface area contributed by atoms with Crippen molar-refractivity contribution in [3.63, 3.8) is 0 Å². The highest BCUT2D eigenvalue weighted by atomic mass is 14.0. The van der Waals surface area contributed by atoms with Crippen molar-refractivity contribution in [2.45, 2.75) is 51.9 Å². The predicted molar refractivity (Wildman–Crippen MR) is 57.3 cm³/mol. The van der Waals surface area contributed by atoms with E-state index in [2.05, 4.69) is 20.1 Å². The third-order valence-electron chi connectivity index (χ3n) is 2.01. The molecular formula is C12H22. The number of hydrogen-bond donors (Lipinski definition) is 0. The van der Waals surface area contributed by atoms with Gasteiger partial charge < -0.3 is 0 Å². The molecule has 0 aromatic carbocycles. The van der Waals surface area contributed by atoms with Crippen molar-refractivity contribution in [3.05, 3.63) is 24.8 Å². The van der Waals surface area contributed by atoms with Crippen molar-refractivity contribution >= 4 is 0 Å². The van der Waals surface area contributed by atoms with Crippen LogP contribution in [0.1, 0.15) is 51.9 Å². The van der Waals surface area contributed by atoms with Crippen LogP contribution in [0.2, 0.25) is 0 Å². The lowest BCUT2D eigenvalue weighted by Crippen LogP contribution is -1.80. The van der Waals surface area contributed by atoms with Gasteiger partial charge in [0.15, 0.2) is 0 Å². The molecule has 0 unspecified atom stereocenters. The largest absolute Gasteiger partial charge is 0.103 e. The third-order valence-corrected chi connectivity index (χ3v) is 2.01. The molecule has 0 heterocycles. The monoisotopic (exact) mass is 166 g/mol. The summed E-state index contributed by atoms with van der Waals surface area (Å²) in [6.07, 6.45) is 11.1. The SMILES string of the molecule is C=CCCCCCCCC(=C)C. The Balaban J connectivity index is 2.90. The minimum absolute atomic E-state index is 1.18. The fourth-order valence-electron chi connectivity index (χ4n) is 1.25. The van der Waals surface area contributed by atoms with Gasteiger partial charge >= 0.3 is 0 Å². The molecular weight excluding hydrogens is 144 g/mol. The lowest BCUT2D eigenvalue weighted by Gasteiger charge is -1.99. The topological polar surface area (TPSA) is 0 Å². The Bertz CT molecular complexity index is 122. The molecule has 0 saturated heterocycles. The average molecular weight is 166 g/mol. The molecule has 0 aromatic rings. The minimum Gasteiger partial charge on any atom is -0.103 e. The van der Waals surface area contributed by atoms with E-state index in [1.54, 1.807) is 0 Å². The van der Waals surface area contributed by atoms with Crippen LogP contribution in [0.5, 0.6) is 0 Å². The van der Waals surface area contributed by atoms with E-state index in [0.717, 1.165) is 0 Å². The zero-order valence-electron chi connectivity index (χ0n) is 8.44. The average Bonchev–Trinajstić information content (AvgIpc) is 2.02. The molecule has 0 spiro atoms. The zero-order valence-corrected chi connectivity index (χ0v) is 8.44. The van der Waals surface area contributed by atoms with E-state index in [0.29, 0.717) is 0 Å². The van der Waals surface area contributed by atoms with Crippen LogP contribution in [-0.2, 0) is 0 Å². The minimum atomic E-state index is 1.18. The van der Waals surface area contributed by atoms with Gasteiger partial charge in [-0.2, -0.15) is 0 Å². The van der Waals surface area contributed by atoms with Crippen LogP contribution in [0, 0.1) is 0 Å². The molecule has 0 fully saturated rings. The van der Waals surface area contributed by atoms with Gasteiger partial charge in [-0.1, -0.05) is 30.9 Å². The van der Waals surface area contributed by atoms with Crippen molar-refractivity contribution < 1.29 is 0 Å². The molecule has 0 N–H and O–H groups in total. The van der Waals surface area contributed by atoms with Gasteiger partial charge in [0.1, 0.15) is 0 Å². The molecule has 0 heteroatoms. The van der Waals surface area contributed by atoms with Crippen molar-refractivity contribution in [2.75, 3.05) is 0 Å². The molecule has 0 aromatic heterocycles. The summed E-state index contributed by atoms with van der Waals surface area (Å²) < 4.78 is 0. The lowest BCUT2D eigenvalue weighted by molar-refractivity contribution is 0.617. The van der Waals surface area contributed by atoms with Crippen LogP contribution in [-0.4, -0.2) is 0 Å². The van der Waals surface area contributed by atoms with Crippen LogP contribution in [0.15, 0.2) is 24.8 Å². The van der Waals surface area contributed by atoms with Crippen molar-refractivity contribution in [3.8, 4) is 0 Å². The predicted octanol–water partition coefficient (Wildman–Crippen LogP) is 4.48. The molecule has 0 bridgehead atoms. The second-order valence-corrected chi connectivity index (χ2v) is 3.55. The van der Waals surface area contributed by atoms with Gasteiger partial charge in [-0.3, -0.25) is 0 Å². The first-order chi connectivity index (χ1) is 5.77. The highest BCUT2D eigenvalue weighted by Gasteiger charge is 1.90. The van der Waals surface area contributed by atoms with Gasteiger partial charge in [0, 0.05) is 0 Å². The van der Waals surface area contributed by atoms with Gasteiger partial charge in [-0.15, -0.1) is 13.2 Å². The van der Waals surface area contributed by atoms with Crippen LogP contribution < -0.4 is 0 Å². The summed E-state index contributed by atoms with van der Waals surface area (Å²) in [6.45, 7) is 9.70. The van der Waals surface area contributed by atoms with E-state index in [1.807, 2.05) is 6.08 Å². The quantitative estimate of drug-likeness (QED) is 0.368. The third kappa shape index (κ3) is 9.48. The molecule has 0 radical (unpaired) electrons. The molecule has 12 heavy (non-hydrogen) atoms. The zero-order chi connectivity index (χ0) is 9.23. The van der Waals surface area contributed by atoms with E-state index >= 15 is 0 Å². The summed E-state index contributed by atoms with van der Waals surface area (Å²) in [5.41, 5.74) is 1.32. The standard InChI is InChI=1S/C12H22/c1-4-5-6-7-8-9-10-11-12(2)3/h4H,1-2,5-11H2,3H3. The summed E-state index contributed by atoms with van der Waals surface area (Å²) in [4.78, 5) is 0. The van der Waals surface area contributed by atoms with Gasteiger partial charge in [-0.25, -0.2) is 0 Å². The van der Waals surface area contributed by atoms with Crippen LogP contribution >= 0.6 is 0 Å². The Labute approximate surface area is 77.4 Å². The molecule has 70 valence electrons. The van der Waals surface area contributed by atoms with Crippen LogP contribution in [0.3, 0.4) is 0 Å². The van der Waals surface area contributed by atoms with E-state index in [4.69, 9.17) is 0 Å². The van der Waals surface area contributed by atoms with E-state index < -0.39 is 0 Å². The fraction of sp³-hybridized carbons (Fsp3) is 0.667. The second kappa shape index (κ2) is 8.58. The smallest absolute Gasteiger partial charge is 0.0326 e. The van der Waals surface area contributed by atoms with Crippen LogP contribution in [0.25, 0.3) is 0 Å². The van der Waals surface area contributed by atoms with E-state index in [1.165, 1.54) is 50.5 Å². The normalized spacial score (nSPS) is 9.75. The Morgan fingerprint density at radius 2 is 1.67 bits per heavy atom. The lowest BCUT2D eigenvalue weighted by atomic mass is 10.1. The molecule has 0 atom stereocenters. The highest BCUT2D eigenvalue weighted by Crippen LogP contribution is 2.09. The Morgan fingerprint density at radius 3 is 2.25 bits per heavy atom. The molecule has 0 nitrogen and oxygen atoms in total. The van der Waals surface area contributed by atoms with E-state index in [9.17, 15) is 0 Å². The molecule has 0 amide bonds. The molecule has 0 aliphatic carbocycles. The maximum atomic E-state index is 3.89. The number of hydrogen-bond acceptors (Lipinski definition) is 0. The van der Waals surface area contributed by atoms with Crippen molar-refractivity contribution in [1.29, 1.82) is 0 Å². The highest BCUT2D eigenvalue weighted by molar-refractivity contribution is 4.86. The molecule has 0 rings (SSSR count). The molecule has 0 saturated carbocycles. The number of unbranched alkanes of at least 4 members (excludes halogenated alkanes) is 5.